The highest BCUT2D eigenvalue weighted by Gasteiger charge is 2.47. The third kappa shape index (κ3) is 2.49. The molecule has 2 bridgehead atoms. The van der Waals surface area contributed by atoms with Crippen LogP contribution in [0.15, 0.2) is 11.4 Å². The SMILES string of the molecule is Cc1ccsc1C(=O)N1CC2CC1CC2NS(C)(=O)=O. The molecule has 1 saturated heterocycles. The van der Waals surface area contributed by atoms with Gasteiger partial charge in [-0.1, -0.05) is 0 Å². The van der Waals surface area contributed by atoms with Gasteiger partial charge in [-0.05, 0) is 42.7 Å². The summed E-state index contributed by atoms with van der Waals surface area (Å²) in [6.45, 7) is 2.61. The zero-order valence-electron chi connectivity index (χ0n) is 11.5. The molecule has 0 spiro atoms. The third-order valence-electron chi connectivity index (χ3n) is 4.22. The molecular formula is C13H18N2O3S2. The second kappa shape index (κ2) is 4.82. The zero-order chi connectivity index (χ0) is 14.5. The lowest BCUT2D eigenvalue weighted by atomic mass is 10.0. The number of hydrogen-bond donors (Lipinski definition) is 1. The number of fused-ring (bicyclic) bond motifs is 2. The number of carbonyl (C=O) groups is 1. The average Bonchev–Trinajstić information content (AvgIpc) is 3.00. The predicted octanol–water partition coefficient (Wildman–Crippen LogP) is 1.21. The average molecular weight is 314 g/mol. The summed E-state index contributed by atoms with van der Waals surface area (Å²) in [5, 5.41) is 1.94. The van der Waals surface area contributed by atoms with Crippen molar-refractivity contribution in [1.82, 2.24) is 9.62 Å². The fourth-order valence-electron chi connectivity index (χ4n) is 3.34. The number of nitrogens with one attached hydrogen (secondary N) is 1. The molecule has 20 heavy (non-hydrogen) atoms. The van der Waals surface area contributed by atoms with Crippen molar-refractivity contribution >= 4 is 27.3 Å². The van der Waals surface area contributed by atoms with E-state index in [0.29, 0.717) is 6.54 Å². The van der Waals surface area contributed by atoms with Gasteiger partial charge in [-0.15, -0.1) is 11.3 Å². The van der Waals surface area contributed by atoms with E-state index in [1.807, 2.05) is 23.3 Å². The second-order valence-electron chi connectivity index (χ2n) is 5.77. The molecular weight excluding hydrogens is 296 g/mol. The first kappa shape index (κ1) is 14.0. The van der Waals surface area contributed by atoms with E-state index in [4.69, 9.17) is 0 Å². The van der Waals surface area contributed by atoms with E-state index in [1.54, 1.807) is 0 Å². The van der Waals surface area contributed by atoms with Gasteiger partial charge in [-0.3, -0.25) is 4.79 Å². The number of aryl methyl sites for hydroxylation is 1. The lowest BCUT2D eigenvalue weighted by Crippen LogP contribution is -2.47. The van der Waals surface area contributed by atoms with Crippen LogP contribution in [0.25, 0.3) is 0 Å². The second-order valence-corrected chi connectivity index (χ2v) is 8.47. The normalized spacial score (nSPS) is 29.1. The Hall–Kier alpha value is -0.920. The van der Waals surface area contributed by atoms with Gasteiger partial charge >= 0.3 is 0 Å². The summed E-state index contributed by atoms with van der Waals surface area (Å²) in [6, 6.07) is 2.12. The summed E-state index contributed by atoms with van der Waals surface area (Å²) in [4.78, 5) is 15.2. The first-order valence-corrected chi connectivity index (χ1v) is 9.44. The predicted molar refractivity (Wildman–Crippen MR) is 78.4 cm³/mol. The molecule has 3 atom stereocenters. The Morgan fingerprint density at radius 2 is 2.20 bits per heavy atom. The van der Waals surface area contributed by atoms with E-state index < -0.39 is 10.0 Å². The molecule has 1 saturated carbocycles. The highest BCUT2D eigenvalue weighted by molar-refractivity contribution is 7.88. The summed E-state index contributed by atoms with van der Waals surface area (Å²) >= 11 is 1.48. The number of amides is 1. The first-order chi connectivity index (χ1) is 9.35. The maximum Gasteiger partial charge on any atom is 0.264 e. The van der Waals surface area contributed by atoms with Gasteiger partial charge in [0.15, 0.2) is 0 Å². The van der Waals surface area contributed by atoms with Crippen molar-refractivity contribution in [2.75, 3.05) is 12.8 Å². The van der Waals surface area contributed by atoms with Crippen LogP contribution in [0.1, 0.15) is 28.1 Å². The molecule has 1 aromatic rings. The van der Waals surface area contributed by atoms with Crippen molar-refractivity contribution in [3.63, 3.8) is 0 Å². The van der Waals surface area contributed by atoms with Crippen molar-refractivity contribution in [2.45, 2.75) is 31.8 Å². The van der Waals surface area contributed by atoms with Crippen LogP contribution in [0, 0.1) is 12.8 Å². The van der Waals surface area contributed by atoms with Crippen LogP contribution in [-0.4, -0.2) is 44.1 Å². The standard InChI is InChI=1S/C13H18N2O3S2/c1-8-3-4-19-12(8)13(16)15-7-9-5-10(15)6-11(9)14-20(2,17)18/h3-4,9-11,14H,5-7H2,1-2H3. The van der Waals surface area contributed by atoms with E-state index in [2.05, 4.69) is 4.72 Å². The van der Waals surface area contributed by atoms with Gasteiger partial charge in [0.05, 0.1) is 11.1 Å². The van der Waals surface area contributed by atoms with Crippen LogP contribution in [0.3, 0.4) is 0 Å². The number of sulfonamides is 1. The highest BCUT2D eigenvalue weighted by atomic mass is 32.2. The quantitative estimate of drug-likeness (QED) is 0.912. The monoisotopic (exact) mass is 314 g/mol. The molecule has 3 unspecified atom stereocenters. The Morgan fingerprint density at radius 3 is 2.70 bits per heavy atom. The molecule has 2 heterocycles. The third-order valence-corrected chi connectivity index (χ3v) is 5.96. The van der Waals surface area contributed by atoms with Gasteiger partial charge < -0.3 is 4.90 Å². The maximum absolute atomic E-state index is 12.5. The summed E-state index contributed by atoms with van der Waals surface area (Å²) in [5.74, 6) is 0.349. The Labute approximate surface area is 123 Å². The molecule has 0 radical (unpaired) electrons. The number of likely N-dealkylation sites (tertiary alicyclic amines) is 1. The fourth-order valence-corrected chi connectivity index (χ4v) is 5.06. The summed E-state index contributed by atoms with van der Waals surface area (Å²) < 4.78 is 25.3. The number of thiophene rings is 1. The molecule has 1 N–H and O–H groups in total. The molecule has 0 aromatic carbocycles. The van der Waals surface area contributed by atoms with E-state index in [9.17, 15) is 13.2 Å². The van der Waals surface area contributed by atoms with Crippen LogP contribution >= 0.6 is 11.3 Å². The van der Waals surface area contributed by atoms with E-state index >= 15 is 0 Å². The number of nitrogens with zero attached hydrogens (tertiary/aromatic N) is 1. The molecule has 1 amide bonds. The van der Waals surface area contributed by atoms with Crippen molar-refractivity contribution < 1.29 is 13.2 Å². The van der Waals surface area contributed by atoms with Crippen LogP contribution in [0.4, 0.5) is 0 Å². The van der Waals surface area contributed by atoms with Crippen molar-refractivity contribution in [3.8, 4) is 0 Å². The summed E-state index contributed by atoms with van der Waals surface area (Å²) in [7, 11) is -3.17. The fraction of sp³-hybridized carbons (Fsp3) is 0.615. The Bertz CT molecular complexity index is 638. The van der Waals surface area contributed by atoms with Crippen LogP contribution < -0.4 is 4.72 Å². The van der Waals surface area contributed by atoms with Gasteiger partial charge in [-0.2, -0.15) is 0 Å². The molecule has 7 heteroatoms. The Kier molecular flexibility index (Phi) is 3.38. The van der Waals surface area contributed by atoms with Gasteiger partial charge in [0.25, 0.3) is 5.91 Å². The Morgan fingerprint density at radius 1 is 1.45 bits per heavy atom. The summed E-state index contributed by atoms with van der Waals surface area (Å²) in [6.07, 6.45) is 2.83. The minimum atomic E-state index is -3.17. The topological polar surface area (TPSA) is 66.5 Å². The summed E-state index contributed by atoms with van der Waals surface area (Å²) in [5.41, 5.74) is 1.02. The molecule has 2 aliphatic rings. The van der Waals surface area contributed by atoms with Crippen molar-refractivity contribution in [1.29, 1.82) is 0 Å². The zero-order valence-corrected chi connectivity index (χ0v) is 13.1. The van der Waals surface area contributed by atoms with Gasteiger partial charge in [0.1, 0.15) is 0 Å². The minimum Gasteiger partial charge on any atom is -0.335 e. The molecule has 1 aliphatic heterocycles. The van der Waals surface area contributed by atoms with Crippen LogP contribution in [0.2, 0.25) is 0 Å². The highest BCUT2D eigenvalue weighted by Crippen LogP contribution is 2.39. The van der Waals surface area contributed by atoms with E-state index in [0.717, 1.165) is 23.3 Å². The largest absolute Gasteiger partial charge is 0.335 e. The number of rotatable bonds is 3. The Balaban J connectivity index is 1.71. The van der Waals surface area contributed by atoms with Gasteiger partial charge in [-0.25, -0.2) is 13.1 Å². The van der Waals surface area contributed by atoms with Crippen molar-refractivity contribution in [3.05, 3.63) is 21.9 Å². The molecule has 5 nitrogen and oxygen atoms in total. The number of piperidine rings is 1. The lowest BCUT2D eigenvalue weighted by Gasteiger charge is -2.31. The van der Waals surface area contributed by atoms with Gasteiger partial charge in [0, 0.05) is 18.6 Å². The van der Waals surface area contributed by atoms with Gasteiger partial charge in [0.2, 0.25) is 10.0 Å². The molecule has 1 aromatic heterocycles. The molecule has 1 aliphatic carbocycles. The lowest BCUT2D eigenvalue weighted by molar-refractivity contribution is 0.0696. The maximum atomic E-state index is 12.5. The van der Waals surface area contributed by atoms with Crippen LogP contribution in [0.5, 0.6) is 0 Å². The minimum absolute atomic E-state index is 0.0107. The van der Waals surface area contributed by atoms with Crippen molar-refractivity contribution in [2.24, 2.45) is 5.92 Å². The first-order valence-electron chi connectivity index (χ1n) is 6.67. The molecule has 110 valence electrons. The van der Waals surface area contributed by atoms with E-state index in [-0.39, 0.29) is 23.9 Å². The number of hydrogen-bond acceptors (Lipinski definition) is 4. The number of carbonyl (C=O) groups excluding carboxylic acids is 1. The molecule has 2 fully saturated rings. The molecule has 3 rings (SSSR count). The smallest absolute Gasteiger partial charge is 0.264 e. The van der Waals surface area contributed by atoms with E-state index in [1.165, 1.54) is 17.6 Å². The van der Waals surface area contributed by atoms with Crippen LogP contribution in [-0.2, 0) is 10.0 Å².